The van der Waals surface area contributed by atoms with Gasteiger partial charge in [-0.3, -0.25) is 9.69 Å². The van der Waals surface area contributed by atoms with Crippen LogP contribution >= 0.6 is 0 Å². The number of unbranched alkanes of at least 4 members (excludes halogenated alkanes) is 4. The van der Waals surface area contributed by atoms with Crippen molar-refractivity contribution in [3.05, 3.63) is 0 Å². The lowest BCUT2D eigenvalue weighted by atomic mass is 10.1. The Hall–Kier alpha value is -1.08. The molecule has 1 fully saturated rings. The Morgan fingerprint density at radius 2 is 1.75 bits per heavy atom. The molecular formula is C16H29N3O. The van der Waals surface area contributed by atoms with Crippen LogP contribution in [0.2, 0.25) is 0 Å². The van der Waals surface area contributed by atoms with Crippen LogP contribution in [0.15, 0.2) is 0 Å². The molecule has 4 nitrogen and oxygen atoms in total. The maximum atomic E-state index is 12.1. The highest BCUT2D eigenvalue weighted by Crippen LogP contribution is 2.11. The maximum Gasteiger partial charge on any atom is 0.222 e. The van der Waals surface area contributed by atoms with Crippen molar-refractivity contribution in [3.63, 3.8) is 0 Å². The molecule has 0 aromatic heterocycles. The number of carbonyl (C=O) groups is 1. The number of hydrogen-bond donors (Lipinski definition) is 0. The number of nitrogens with zero attached hydrogens (tertiary/aromatic N) is 3. The Morgan fingerprint density at radius 3 is 2.30 bits per heavy atom. The molecule has 114 valence electrons. The highest BCUT2D eigenvalue weighted by molar-refractivity contribution is 5.76. The summed E-state index contributed by atoms with van der Waals surface area (Å²) in [5, 5.41) is 9.07. The van der Waals surface area contributed by atoms with Gasteiger partial charge in [0.05, 0.1) is 12.1 Å². The fourth-order valence-corrected chi connectivity index (χ4v) is 2.75. The van der Waals surface area contributed by atoms with E-state index in [0.717, 1.165) is 39.0 Å². The number of amides is 1. The summed E-state index contributed by atoms with van der Waals surface area (Å²) in [7, 11) is 0. The summed E-state index contributed by atoms with van der Waals surface area (Å²) in [6.07, 6.45) is 7.52. The quantitative estimate of drug-likeness (QED) is 0.642. The van der Waals surface area contributed by atoms with Gasteiger partial charge in [-0.2, -0.15) is 5.26 Å². The van der Waals surface area contributed by atoms with Gasteiger partial charge in [0.25, 0.3) is 0 Å². The number of nitriles is 1. The number of carbonyl (C=O) groups excluding carboxylic acids is 1. The summed E-state index contributed by atoms with van der Waals surface area (Å²) >= 11 is 0. The molecule has 1 unspecified atom stereocenters. The molecule has 1 aliphatic rings. The number of piperazine rings is 1. The zero-order valence-electron chi connectivity index (χ0n) is 13.1. The first-order chi connectivity index (χ1) is 9.72. The molecule has 4 heteroatoms. The van der Waals surface area contributed by atoms with E-state index in [2.05, 4.69) is 17.9 Å². The molecule has 0 aromatic carbocycles. The minimum absolute atomic E-state index is 0.0151. The van der Waals surface area contributed by atoms with Crippen LogP contribution in [0.1, 0.15) is 58.8 Å². The van der Waals surface area contributed by atoms with Crippen molar-refractivity contribution < 1.29 is 4.79 Å². The molecule has 1 heterocycles. The monoisotopic (exact) mass is 279 g/mol. The zero-order chi connectivity index (χ0) is 14.8. The topological polar surface area (TPSA) is 47.3 Å². The van der Waals surface area contributed by atoms with E-state index in [0.29, 0.717) is 12.3 Å². The second-order valence-corrected chi connectivity index (χ2v) is 5.63. The van der Waals surface area contributed by atoms with Crippen LogP contribution in [-0.2, 0) is 4.79 Å². The van der Waals surface area contributed by atoms with Crippen molar-refractivity contribution >= 4 is 5.91 Å². The molecule has 0 N–H and O–H groups in total. The summed E-state index contributed by atoms with van der Waals surface area (Å²) in [5.41, 5.74) is 0. The van der Waals surface area contributed by atoms with Crippen molar-refractivity contribution in [1.29, 1.82) is 5.26 Å². The molecule has 0 saturated carbocycles. The van der Waals surface area contributed by atoms with Crippen LogP contribution in [0, 0.1) is 11.3 Å². The normalized spacial score (nSPS) is 17.8. The maximum absolute atomic E-state index is 12.1. The van der Waals surface area contributed by atoms with E-state index in [1.807, 2.05) is 11.8 Å². The lowest BCUT2D eigenvalue weighted by molar-refractivity contribution is -0.133. The van der Waals surface area contributed by atoms with Gasteiger partial charge < -0.3 is 4.90 Å². The molecular weight excluding hydrogens is 250 g/mol. The van der Waals surface area contributed by atoms with Crippen LogP contribution in [0.5, 0.6) is 0 Å². The van der Waals surface area contributed by atoms with Gasteiger partial charge >= 0.3 is 0 Å². The smallest absolute Gasteiger partial charge is 0.222 e. The van der Waals surface area contributed by atoms with E-state index in [1.165, 1.54) is 25.7 Å². The van der Waals surface area contributed by atoms with Gasteiger partial charge in [-0.15, -0.1) is 0 Å². The molecule has 1 atom stereocenters. The predicted molar refractivity (Wildman–Crippen MR) is 81.2 cm³/mol. The van der Waals surface area contributed by atoms with Crippen molar-refractivity contribution in [1.82, 2.24) is 9.80 Å². The largest absolute Gasteiger partial charge is 0.340 e. The Kier molecular flexibility index (Phi) is 8.29. The van der Waals surface area contributed by atoms with Gasteiger partial charge in [0.15, 0.2) is 0 Å². The van der Waals surface area contributed by atoms with Crippen molar-refractivity contribution in [2.75, 3.05) is 26.2 Å². The van der Waals surface area contributed by atoms with E-state index >= 15 is 0 Å². The summed E-state index contributed by atoms with van der Waals surface area (Å²) in [6, 6.07) is 2.36. The van der Waals surface area contributed by atoms with E-state index < -0.39 is 0 Å². The van der Waals surface area contributed by atoms with Crippen LogP contribution in [-0.4, -0.2) is 47.9 Å². The fourth-order valence-electron chi connectivity index (χ4n) is 2.75. The summed E-state index contributed by atoms with van der Waals surface area (Å²) in [6.45, 7) is 7.50. The minimum atomic E-state index is 0.0151. The molecule has 0 radical (unpaired) electrons. The first-order valence-corrected chi connectivity index (χ1v) is 8.14. The third-order valence-corrected chi connectivity index (χ3v) is 4.14. The fraction of sp³-hybridized carbons (Fsp3) is 0.875. The molecule has 1 rings (SSSR count). The van der Waals surface area contributed by atoms with Gasteiger partial charge in [0, 0.05) is 32.6 Å². The number of rotatable bonds is 8. The Labute approximate surface area is 123 Å². The Bertz CT molecular complexity index is 316. The van der Waals surface area contributed by atoms with Crippen LogP contribution < -0.4 is 0 Å². The van der Waals surface area contributed by atoms with Gasteiger partial charge in [0.1, 0.15) is 0 Å². The standard InChI is InChI=1S/C16H29N3O/c1-3-5-6-7-8-9-16(20)19-12-10-18(11-13-19)15(4-2)14-17/h15H,3-13H2,1-2H3. The minimum Gasteiger partial charge on any atom is -0.340 e. The predicted octanol–water partition coefficient (Wildman–Crippen LogP) is 2.79. The Balaban J connectivity index is 2.20. The summed E-state index contributed by atoms with van der Waals surface area (Å²) in [4.78, 5) is 16.3. The zero-order valence-corrected chi connectivity index (χ0v) is 13.1. The first kappa shape index (κ1) is 17.0. The van der Waals surface area contributed by atoms with Crippen molar-refractivity contribution in [3.8, 4) is 6.07 Å². The molecule has 0 spiro atoms. The average molecular weight is 279 g/mol. The summed E-state index contributed by atoms with van der Waals surface area (Å²) in [5.74, 6) is 0.297. The second-order valence-electron chi connectivity index (χ2n) is 5.63. The molecule has 0 aromatic rings. The van der Waals surface area contributed by atoms with E-state index in [1.54, 1.807) is 0 Å². The van der Waals surface area contributed by atoms with E-state index in [9.17, 15) is 4.79 Å². The van der Waals surface area contributed by atoms with Crippen molar-refractivity contribution in [2.45, 2.75) is 64.8 Å². The van der Waals surface area contributed by atoms with Gasteiger partial charge in [-0.1, -0.05) is 39.5 Å². The SMILES string of the molecule is CCCCCCCC(=O)N1CCN(C(C#N)CC)CC1. The molecule has 1 saturated heterocycles. The van der Waals surface area contributed by atoms with Gasteiger partial charge in [-0.05, 0) is 12.8 Å². The summed E-state index contributed by atoms with van der Waals surface area (Å²) < 4.78 is 0. The number of hydrogen-bond acceptors (Lipinski definition) is 3. The van der Waals surface area contributed by atoms with E-state index in [-0.39, 0.29) is 6.04 Å². The lowest BCUT2D eigenvalue weighted by Crippen LogP contribution is -2.51. The molecule has 1 amide bonds. The van der Waals surface area contributed by atoms with Crippen LogP contribution in [0.25, 0.3) is 0 Å². The average Bonchev–Trinajstić information content (AvgIpc) is 2.49. The third kappa shape index (κ3) is 5.50. The molecule has 0 aliphatic carbocycles. The van der Waals surface area contributed by atoms with Crippen molar-refractivity contribution in [2.24, 2.45) is 0 Å². The molecule has 0 bridgehead atoms. The third-order valence-electron chi connectivity index (χ3n) is 4.14. The Morgan fingerprint density at radius 1 is 1.10 bits per heavy atom. The van der Waals surface area contributed by atoms with E-state index in [4.69, 9.17) is 5.26 Å². The van der Waals surface area contributed by atoms with Gasteiger partial charge in [0.2, 0.25) is 5.91 Å². The highest BCUT2D eigenvalue weighted by Gasteiger charge is 2.24. The van der Waals surface area contributed by atoms with Crippen LogP contribution in [0.3, 0.4) is 0 Å². The second kappa shape index (κ2) is 9.77. The molecule has 20 heavy (non-hydrogen) atoms. The lowest BCUT2D eigenvalue weighted by Gasteiger charge is -2.36. The molecule has 1 aliphatic heterocycles. The van der Waals surface area contributed by atoms with Gasteiger partial charge in [-0.25, -0.2) is 0 Å². The highest BCUT2D eigenvalue weighted by atomic mass is 16.2. The van der Waals surface area contributed by atoms with Crippen LogP contribution in [0.4, 0.5) is 0 Å². The first-order valence-electron chi connectivity index (χ1n) is 8.14.